The summed E-state index contributed by atoms with van der Waals surface area (Å²) in [6.45, 7) is -0.338. The van der Waals surface area contributed by atoms with Crippen molar-refractivity contribution in [2.24, 2.45) is 0 Å². The van der Waals surface area contributed by atoms with Crippen molar-refractivity contribution in [3.63, 3.8) is 0 Å². The minimum atomic E-state index is -1.10. The number of rotatable bonds is 6. The van der Waals surface area contributed by atoms with Crippen LogP contribution in [0.3, 0.4) is 0 Å². The summed E-state index contributed by atoms with van der Waals surface area (Å²) < 4.78 is 17.5. The quantitative estimate of drug-likeness (QED) is 0.590. The van der Waals surface area contributed by atoms with Crippen LogP contribution in [0, 0.1) is 5.82 Å². The van der Waals surface area contributed by atoms with Crippen LogP contribution in [0.25, 0.3) is 0 Å². The topological polar surface area (TPSA) is 88.5 Å². The Hall–Kier alpha value is -1.73. The zero-order chi connectivity index (χ0) is 13.5. The van der Waals surface area contributed by atoms with E-state index in [0.717, 1.165) is 12.3 Å². The summed E-state index contributed by atoms with van der Waals surface area (Å²) in [5, 5.41) is 10.6. The van der Waals surface area contributed by atoms with E-state index in [2.05, 4.69) is 10.3 Å². The number of amides is 1. The molecule has 18 heavy (non-hydrogen) atoms. The first-order chi connectivity index (χ1) is 8.50. The summed E-state index contributed by atoms with van der Waals surface area (Å²) in [6, 6.07) is 0.961. The molecule has 0 saturated heterocycles. The molecule has 8 heteroatoms. The number of halogens is 2. The lowest BCUT2D eigenvalue weighted by molar-refractivity contribution is -0.142. The van der Waals surface area contributed by atoms with Gasteiger partial charge in [0, 0.05) is 6.54 Å². The van der Waals surface area contributed by atoms with Gasteiger partial charge in [-0.05, 0) is 6.07 Å². The number of carboxylic acids is 1. The summed E-state index contributed by atoms with van der Waals surface area (Å²) in [4.78, 5) is 25.1. The first kappa shape index (κ1) is 14.3. The van der Waals surface area contributed by atoms with Crippen LogP contribution in [0.5, 0.6) is 0 Å². The predicted molar refractivity (Wildman–Crippen MR) is 60.0 cm³/mol. The standard InChI is InChI=1S/C10H10ClFN2O4/c11-9-7(3-6(12)4-14-9)10(17)13-1-2-18-5-8(15)16/h3-4H,1-2,5H2,(H,13,17)(H,15,16). The van der Waals surface area contributed by atoms with Crippen molar-refractivity contribution in [3.05, 3.63) is 28.8 Å². The van der Waals surface area contributed by atoms with Gasteiger partial charge in [0.2, 0.25) is 0 Å². The van der Waals surface area contributed by atoms with E-state index in [1.807, 2.05) is 0 Å². The number of carbonyl (C=O) groups excluding carboxylic acids is 1. The van der Waals surface area contributed by atoms with Gasteiger partial charge in [0.15, 0.2) is 0 Å². The van der Waals surface area contributed by atoms with Gasteiger partial charge in [-0.15, -0.1) is 0 Å². The molecule has 1 rings (SSSR count). The van der Waals surface area contributed by atoms with Crippen LogP contribution in [0.1, 0.15) is 10.4 Å². The van der Waals surface area contributed by atoms with Gasteiger partial charge in [0.05, 0.1) is 18.4 Å². The summed E-state index contributed by atoms with van der Waals surface area (Å²) in [5.74, 6) is -2.38. The zero-order valence-electron chi connectivity index (χ0n) is 9.15. The van der Waals surface area contributed by atoms with Crippen LogP contribution in [0.4, 0.5) is 4.39 Å². The van der Waals surface area contributed by atoms with E-state index in [1.54, 1.807) is 0 Å². The van der Waals surface area contributed by atoms with Crippen molar-refractivity contribution < 1.29 is 23.8 Å². The summed E-state index contributed by atoms with van der Waals surface area (Å²) in [6.07, 6.45) is 0.898. The number of nitrogens with one attached hydrogen (secondary N) is 1. The molecule has 0 aromatic carbocycles. The molecule has 0 aliphatic heterocycles. The summed E-state index contributed by atoms with van der Waals surface area (Å²) in [7, 11) is 0. The van der Waals surface area contributed by atoms with Gasteiger partial charge in [-0.3, -0.25) is 4.79 Å². The third-order valence-corrected chi connectivity index (χ3v) is 2.11. The molecule has 1 aromatic heterocycles. The average molecular weight is 277 g/mol. The number of aromatic nitrogens is 1. The molecule has 0 bridgehead atoms. The highest BCUT2D eigenvalue weighted by Gasteiger charge is 2.12. The van der Waals surface area contributed by atoms with E-state index in [0.29, 0.717) is 0 Å². The Kier molecular flexibility index (Phi) is 5.47. The van der Waals surface area contributed by atoms with Gasteiger partial charge in [-0.25, -0.2) is 14.2 Å². The van der Waals surface area contributed by atoms with Gasteiger partial charge in [0.1, 0.15) is 17.6 Å². The molecular formula is C10H10ClFN2O4. The number of hydrogen-bond donors (Lipinski definition) is 2. The second kappa shape index (κ2) is 6.87. The van der Waals surface area contributed by atoms with Crippen LogP contribution in [0.2, 0.25) is 5.15 Å². The van der Waals surface area contributed by atoms with Crippen LogP contribution < -0.4 is 5.32 Å². The number of carbonyl (C=O) groups is 2. The number of aliphatic carboxylic acids is 1. The third-order valence-electron chi connectivity index (χ3n) is 1.81. The van der Waals surface area contributed by atoms with Crippen LogP contribution in [-0.2, 0) is 9.53 Å². The van der Waals surface area contributed by atoms with Crippen molar-refractivity contribution in [1.82, 2.24) is 10.3 Å². The molecule has 0 atom stereocenters. The van der Waals surface area contributed by atoms with E-state index in [1.165, 1.54) is 0 Å². The number of nitrogens with zero attached hydrogens (tertiary/aromatic N) is 1. The van der Waals surface area contributed by atoms with Gasteiger partial charge >= 0.3 is 5.97 Å². The SMILES string of the molecule is O=C(O)COCCNC(=O)c1cc(F)cnc1Cl. The van der Waals surface area contributed by atoms with Crippen molar-refractivity contribution >= 4 is 23.5 Å². The van der Waals surface area contributed by atoms with Crippen molar-refractivity contribution in [3.8, 4) is 0 Å². The Bertz CT molecular complexity index is 456. The highest BCUT2D eigenvalue weighted by Crippen LogP contribution is 2.13. The van der Waals surface area contributed by atoms with Gasteiger partial charge in [0.25, 0.3) is 5.91 Å². The number of pyridine rings is 1. The fraction of sp³-hybridized carbons (Fsp3) is 0.300. The molecule has 6 nitrogen and oxygen atoms in total. The Morgan fingerprint density at radius 2 is 2.28 bits per heavy atom. The van der Waals surface area contributed by atoms with E-state index >= 15 is 0 Å². The first-order valence-electron chi connectivity index (χ1n) is 4.89. The number of carboxylic acid groups (broad SMARTS) is 1. The lowest BCUT2D eigenvalue weighted by atomic mass is 10.2. The van der Waals surface area contributed by atoms with Crippen molar-refractivity contribution in [2.75, 3.05) is 19.8 Å². The maximum atomic E-state index is 12.8. The number of ether oxygens (including phenoxy) is 1. The second-order valence-corrected chi connectivity index (χ2v) is 3.55. The summed E-state index contributed by atoms with van der Waals surface area (Å²) in [5.41, 5.74) is -0.0881. The lowest BCUT2D eigenvalue weighted by Gasteiger charge is -2.06. The van der Waals surface area contributed by atoms with Crippen molar-refractivity contribution in [1.29, 1.82) is 0 Å². The predicted octanol–water partition coefficient (Wildman–Crippen LogP) is 0.705. The molecule has 1 heterocycles. The molecule has 0 aliphatic carbocycles. The maximum absolute atomic E-state index is 12.8. The van der Waals surface area contributed by atoms with Gasteiger partial charge < -0.3 is 15.2 Å². The molecule has 1 amide bonds. The minimum Gasteiger partial charge on any atom is -0.480 e. The molecule has 0 saturated carbocycles. The Labute approximate surface area is 107 Å². The van der Waals surface area contributed by atoms with Gasteiger partial charge in [-0.1, -0.05) is 11.6 Å². The third kappa shape index (κ3) is 4.64. The normalized spacial score (nSPS) is 10.1. The van der Waals surface area contributed by atoms with Crippen LogP contribution in [-0.4, -0.2) is 41.7 Å². The summed E-state index contributed by atoms with van der Waals surface area (Å²) >= 11 is 5.63. The molecule has 1 aromatic rings. The van der Waals surface area contributed by atoms with Crippen LogP contribution >= 0.6 is 11.6 Å². The van der Waals surface area contributed by atoms with Gasteiger partial charge in [-0.2, -0.15) is 0 Å². The molecule has 0 unspecified atom stereocenters. The zero-order valence-corrected chi connectivity index (χ0v) is 9.91. The minimum absolute atomic E-state index is 0.0262. The van der Waals surface area contributed by atoms with E-state index < -0.39 is 24.3 Å². The van der Waals surface area contributed by atoms with Crippen LogP contribution in [0.15, 0.2) is 12.3 Å². The lowest BCUT2D eigenvalue weighted by Crippen LogP contribution is -2.28. The first-order valence-corrected chi connectivity index (χ1v) is 5.27. The fourth-order valence-electron chi connectivity index (χ4n) is 1.07. The monoisotopic (exact) mass is 276 g/mol. The highest BCUT2D eigenvalue weighted by atomic mass is 35.5. The Morgan fingerprint density at radius 1 is 1.56 bits per heavy atom. The number of hydrogen-bond acceptors (Lipinski definition) is 4. The van der Waals surface area contributed by atoms with E-state index in [-0.39, 0.29) is 23.9 Å². The molecular weight excluding hydrogens is 267 g/mol. The molecule has 0 fully saturated rings. The van der Waals surface area contributed by atoms with E-state index in [4.69, 9.17) is 21.4 Å². The Morgan fingerprint density at radius 3 is 2.94 bits per heavy atom. The van der Waals surface area contributed by atoms with Crippen molar-refractivity contribution in [2.45, 2.75) is 0 Å². The molecule has 98 valence electrons. The largest absolute Gasteiger partial charge is 0.480 e. The molecule has 0 spiro atoms. The highest BCUT2D eigenvalue weighted by molar-refractivity contribution is 6.32. The smallest absolute Gasteiger partial charge is 0.329 e. The maximum Gasteiger partial charge on any atom is 0.329 e. The second-order valence-electron chi connectivity index (χ2n) is 3.19. The molecule has 2 N–H and O–H groups in total. The Balaban J connectivity index is 2.41. The molecule has 0 radical (unpaired) electrons. The molecule has 0 aliphatic rings. The fourth-order valence-corrected chi connectivity index (χ4v) is 1.26. The van der Waals surface area contributed by atoms with E-state index in [9.17, 15) is 14.0 Å². The average Bonchev–Trinajstić information content (AvgIpc) is 2.31.